The third-order valence-electron chi connectivity index (χ3n) is 3.86. The number of hydrogen-bond acceptors (Lipinski definition) is 2. The van der Waals surface area contributed by atoms with Gasteiger partial charge in [0.05, 0.1) is 13.0 Å². The first-order valence-electron chi connectivity index (χ1n) is 6.73. The minimum atomic E-state index is -0.138. The quantitative estimate of drug-likeness (QED) is 0.926. The van der Waals surface area contributed by atoms with E-state index >= 15 is 0 Å². The van der Waals surface area contributed by atoms with Gasteiger partial charge in [-0.3, -0.25) is 4.79 Å². The van der Waals surface area contributed by atoms with Crippen molar-refractivity contribution < 1.29 is 9.53 Å². The standard InChI is InChI=1S/C17H17NO2/c1-11-6-5-8-13-14(17(19)18-16(11)13)10-12-7-3-4-9-15(12)20-2/h3-9,14H,10H2,1-2H3,(H,18,19). The third kappa shape index (κ3) is 2.05. The summed E-state index contributed by atoms with van der Waals surface area (Å²) in [6.45, 7) is 2.02. The molecule has 1 N–H and O–H groups in total. The molecular weight excluding hydrogens is 250 g/mol. The summed E-state index contributed by atoms with van der Waals surface area (Å²) in [5.74, 6) is 0.766. The van der Waals surface area contributed by atoms with Gasteiger partial charge >= 0.3 is 0 Å². The smallest absolute Gasteiger partial charge is 0.232 e. The molecule has 1 unspecified atom stereocenters. The predicted molar refractivity (Wildman–Crippen MR) is 79.2 cm³/mol. The van der Waals surface area contributed by atoms with E-state index in [9.17, 15) is 4.79 Å². The number of ether oxygens (including phenoxy) is 1. The summed E-state index contributed by atoms with van der Waals surface area (Å²) in [5, 5.41) is 2.99. The molecule has 1 aliphatic rings. The van der Waals surface area contributed by atoms with Gasteiger partial charge in [0.1, 0.15) is 5.75 Å². The molecule has 2 aromatic rings. The van der Waals surface area contributed by atoms with Crippen LogP contribution in [0.1, 0.15) is 22.6 Å². The highest BCUT2D eigenvalue weighted by Gasteiger charge is 2.31. The van der Waals surface area contributed by atoms with Crippen LogP contribution >= 0.6 is 0 Å². The van der Waals surface area contributed by atoms with Gasteiger partial charge in [-0.1, -0.05) is 36.4 Å². The number of carbonyl (C=O) groups excluding carboxylic acids is 1. The molecule has 0 aromatic heterocycles. The lowest BCUT2D eigenvalue weighted by Gasteiger charge is -2.12. The average Bonchev–Trinajstić information content (AvgIpc) is 2.78. The number of nitrogens with one attached hydrogen (secondary N) is 1. The molecule has 102 valence electrons. The van der Waals surface area contributed by atoms with E-state index in [1.54, 1.807) is 7.11 Å². The molecule has 0 saturated carbocycles. The maximum absolute atomic E-state index is 12.2. The molecule has 3 rings (SSSR count). The predicted octanol–water partition coefficient (Wildman–Crippen LogP) is 3.28. The number of methoxy groups -OCH3 is 1. The Kier molecular flexibility index (Phi) is 3.18. The maximum atomic E-state index is 12.2. The molecule has 0 aliphatic carbocycles. The zero-order valence-electron chi connectivity index (χ0n) is 11.6. The number of aryl methyl sites for hydroxylation is 1. The van der Waals surface area contributed by atoms with Gasteiger partial charge in [-0.05, 0) is 36.1 Å². The summed E-state index contributed by atoms with van der Waals surface area (Å²) in [6, 6.07) is 13.9. The maximum Gasteiger partial charge on any atom is 0.232 e. The molecule has 3 heteroatoms. The Hall–Kier alpha value is -2.29. The van der Waals surface area contributed by atoms with Crippen LogP contribution in [-0.2, 0) is 11.2 Å². The number of fused-ring (bicyclic) bond motifs is 1. The Bertz CT molecular complexity index is 664. The summed E-state index contributed by atoms with van der Waals surface area (Å²) in [7, 11) is 1.66. The monoisotopic (exact) mass is 267 g/mol. The van der Waals surface area contributed by atoms with E-state index in [0.717, 1.165) is 28.1 Å². The van der Waals surface area contributed by atoms with Gasteiger partial charge in [0.15, 0.2) is 0 Å². The van der Waals surface area contributed by atoms with Crippen molar-refractivity contribution in [1.29, 1.82) is 0 Å². The average molecular weight is 267 g/mol. The molecule has 1 aliphatic heterocycles. The largest absolute Gasteiger partial charge is 0.496 e. The van der Waals surface area contributed by atoms with E-state index in [1.807, 2.05) is 49.4 Å². The number of amides is 1. The number of hydrogen-bond donors (Lipinski definition) is 1. The first-order valence-corrected chi connectivity index (χ1v) is 6.73. The van der Waals surface area contributed by atoms with Gasteiger partial charge in [-0.15, -0.1) is 0 Å². The highest BCUT2D eigenvalue weighted by Crippen LogP contribution is 2.37. The van der Waals surface area contributed by atoms with Crippen molar-refractivity contribution in [1.82, 2.24) is 0 Å². The highest BCUT2D eigenvalue weighted by atomic mass is 16.5. The van der Waals surface area contributed by atoms with Gasteiger partial charge in [-0.2, -0.15) is 0 Å². The molecule has 20 heavy (non-hydrogen) atoms. The second-order valence-corrected chi connectivity index (χ2v) is 5.10. The number of para-hydroxylation sites is 2. The van der Waals surface area contributed by atoms with Crippen molar-refractivity contribution in [3.05, 3.63) is 59.2 Å². The fourth-order valence-electron chi connectivity index (χ4n) is 2.80. The summed E-state index contributed by atoms with van der Waals surface area (Å²) < 4.78 is 5.37. The first-order chi connectivity index (χ1) is 9.70. The molecular formula is C17H17NO2. The summed E-state index contributed by atoms with van der Waals surface area (Å²) >= 11 is 0. The molecule has 3 nitrogen and oxygen atoms in total. The van der Waals surface area contributed by atoms with Gasteiger partial charge < -0.3 is 10.1 Å². The highest BCUT2D eigenvalue weighted by molar-refractivity contribution is 6.03. The van der Waals surface area contributed by atoms with Gasteiger partial charge in [-0.25, -0.2) is 0 Å². The Morgan fingerprint density at radius 2 is 1.95 bits per heavy atom. The number of benzene rings is 2. The van der Waals surface area contributed by atoms with E-state index in [4.69, 9.17) is 4.74 Å². The van der Waals surface area contributed by atoms with Gasteiger partial charge in [0.25, 0.3) is 0 Å². The number of carbonyl (C=O) groups is 1. The summed E-state index contributed by atoms with van der Waals surface area (Å²) in [6.07, 6.45) is 0.659. The van der Waals surface area contributed by atoms with Gasteiger partial charge in [0.2, 0.25) is 5.91 Å². The van der Waals surface area contributed by atoms with E-state index in [0.29, 0.717) is 6.42 Å². The van der Waals surface area contributed by atoms with E-state index < -0.39 is 0 Å². The molecule has 0 spiro atoms. The summed E-state index contributed by atoms with van der Waals surface area (Å²) in [4.78, 5) is 12.2. The van der Waals surface area contributed by atoms with Crippen LogP contribution in [0.4, 0.5) is 5.69 Å². The normalized spacial score (nSPS) is 16.7. The van der Waals surface area contributed by atoms with E-state index in [-0.39, 0.29) is 11.8 Å². The van der Waals surface area contributed by atoms with E-state index in [2.05, 4.69) is 5.32 Å². The van der Waals surface area contributed by atoms with E-state index in [1.165, 1.54) is 0 Å². The SMILES string of the molecule is COc1ccccc1CC1C(=O)Nc2c(C)cccc21. The number of rotatable bonds is 3. The second kappa shape index (κ2) is 5.00. The van der Waals surface area contributed by atoms with Crippen LogP contribution in [0.2, 0.25) is 0 Å². The minimum absolute atomic E-state index is 0.0696. The molecule has 0 bridgehead atoms. The van der Waals surface area contributed by atoms with Crippen LogP contribution in [-0.4, -0.2) is 13.0 Å². The lowest BCUT2D eigenvalue weighted by molar-refractivity contribution is -0.117. The minimum Gasteiger partial charge on any atom is -0.496 e. The second-order valence-electron chi connectivity index (χ2n) is 5.10. The Balaban J connectivity index is 1.96. The molecule has 2 aromatic carbocycles. The van der Waals surface area contributed by atoms with Crippen molar-refractivity contribution in [3.63, 3.8) is 0 Å². The molecule has 0 radical (unpaired) electrons. The van der Waals surface area contributed by atoms with Crippen LogP contribution in [0.25, 0.3) is 0 Å². The zero-order valence-corrected chi connectivity index (χ0v) is 11.6. The topological polar surface area (TPSA) is 38.3 Å². The Labute approximate surface area is 118 Å². The van der Waals surface area contributed by atoms with Gasteiger partial charge in [0, 0.05) is 5.69 Å². The summed E-state index contributed by atoms with van der Waals surface area (Å²) in [5.41, 5.74) is 4.22. The van der Waals surface area contributed by atoms with Crippen molar-refractivity contribution >= 4 is 11.6 Å². The lowest BCUT2D eigenvalue weighted by atomic mass is 9.92. The molecule has 1 amide bonds. The fraction of sp³-hybridized carbons (Fsp3) is 0.235. The van der Waals surface area contributed by atoms with Crippen molar-refractivity contribution in [2.24, 2.45) is 0 Å². The molecule has 0 saturated heterocycles. The van der Waals surface area contributed by atoms with Crippen LogP contribution in [0.3, 0.4) is 0 Å². The molecule has 1 heterocycles. The van der Waals surface area contributed by atoms with Crippen LogP contribution in [0.15, 0.2) is 42.5 Å². The zero-order chi connectivity index (χ0) is 14.1. The molecule has 1 atom stereocenters. The first kappa shape index (κ1) is 12.7. The Morgan fingerprint density at radius 1 is 1.15 bits per heavy atom. The molecule has 0 fully saturated rings. The van der Waals surface area contributed by atoms with Crippen molar-refractivity contribution in [2.75, 3.05) is 12.4 Å². The third-order valence-corrected chi connectivity index (χ3v) is 3.86. The van der Waals surface area contributed by atoms with Crippen molar-refractivity contribution in [2.45, 2.75) is 19.3 Å². The fourth-order valence-corrected chi connectivity index (χ4v) is 2.80. The van der Waals surface area contributed by atoms with Crippen LogP contribution < -0.4 is 10.1 Å². The Morgan fingerprint density at radius 3 is 2.75 bits per heavy atom. The van der Waals surface area contributed by atoms with Crippen molar-refractivity contribution in [3.8, 4) is 5.75 Å². The van der Waals surface area contributed by atoms with Crippen LogP contribution in [0, 0.1) is 6.92 Å². The number of anilines is 1. The lowest BCUT2D eigenvalue weighted by Crippen LogP contribution is -2.14. The van der Waals surface area contributed by atoms with Crippen LogP contribution in [0.5, 0.6) is 5.75 Å².